The van der Waals surface area contributed by atoms with E-state index in [0.29, 0.717) is 12.5 Å². The van der Waals surface area contributed by atoms with Crippen LogP contribution < -0.4 is 0 Å². The first-order chi connectivity index (χ1) is 6.90. The molecule has 1 aliphatic heterocycles. The lowest BCUT2D eigenvalue weighted by Gasteiger charge is -2.34. The van der Waals surface area contributed by atoms with Gasteiger partial charge in [0.2, 0.25) is 0 Å². The van der Waals surface area contributed by atoms with Gasteiger partial charge in [0.1, 0.15) is 0 Å². The van der Waals surface area contributed by atoms with Gasteiger partial charge in [-0.2, -0.15) is 0 Å². The molecule has 1 N–H and O–H groups in total. The van der Waals surface area contributed by atoms with Crippen molar-refractivity contribution >= 4 is 0 Å². The highest BCUT2D eigenvalue weighted by atomic mass is 16.5. The molecule has 1 saturated carbocycles. The lowest BCUT2D eigenvalue weighted by atomic mass is 9.76. The SMILES string of the molecule is OCC(CC1COC1)C1CCCCC1. The molecule has 0 amide bonds. The van der Waals surface area contributed by atoms with Crippen molar-refractivity contribution in [1.82, 2.24) is 0 Å². The zero-order chi connectivity index (χ0) is 9.80. The second kappa shape index (κ2) is 5.13. The van der Waals surface area contributed by atoms with Gasteiger partial charge < -0.3 is 9.84 Å². The molecule has 1 heterocycles. The quantitative estimate of drug-likeness (QED) is 0.750. The fourth-order valence-corrected chi connectivity index (χ4v) is 2.87. The van der Waals surface area contributed by atoms with Crippen LogP contribution in [-0.4, -0.2) is 24.9 Å². The second-order valence-electron chi connectivity index (χ2n) is 4.98. The molecule has 1 unspecified atom stereocenters. The van der Waals surface area contributed by atoms with Crippen molar-refractivity contribution in [1.29, 1.82) is 0 Å². The molecule has 1 aliphatic carbocycles. The predicted molar refractivity (Wildman–Crippen MR) is 56.1 cm³/mol. The standard InChI is InChI=1S/C12H22O2/c13-7-12(6-10-8-14-9-10)11-4-2-1-3-5-11/h10-13H,1-9H2. The maximum Gasteiger partial charge on any atom is 0.0516 e. The first-order valence-corrected chi connectivity index (χ1v) is 6.08. The fourth-order valence-electron chi connectivity index (χ4n) is 2.87. The van der Waals surface area contributed by atoms with Gasteiger partial charge in [0.05, 0.1) is 13.2 Å². The number of hydrogen-bond donors (Lipinski definition) is 1. The first kappa shape index (κ1) is 10.4. The van der Waals surface area contributed by atoms with Gasteiger partial charge in [0.25, 0.3) is 0 Å². The smallest absolute Gasteiger partial charge is 0.0516 e. The van der Waals surface area contributed by atoms with E-state index in [-0.39, 0.29) is 0 Å². The highest BCUT2D eigenvalue weighted by Crippen LogP contribution is 2.34. The van der Waals surface area contributed by atoms with Crippen molar-refractivity contribution in [2.45, 2.75) is 38.5 Å². The van der Waals surface area contributed by atoms with Crippen molar-refractivity contribution in [3.05, 3.63) is 0 Å². The number of ether oxygens (including phenoxy) is 1. The van der Waals surface area contributed by atoms with Crippen LogP contribution in [0.1, 0.15) is 38.5 Å². The maximum atomic E-state index is 9.41. The Bertz CT molecular complexity index is 160. The van der Waals surface area contributed by atoms with Gasteiger partial charge in [-0.05, 0) is 18.3 Å². The Balaban J connectivity index is 1.77. The van der Waals surface area contributed by atoms with E-state index in [1.807, 2.05) is 0 Å². The van der Waals surface area contributed by atoms with Gasteiger partial charge in [0.15, 0.2) is 0 Å². The lowest BCUT2D eigenvalue weighted by molar-refractivity contribution is -0.0519. The molecular formula is C12H22O2. The van der Waals surface area contributed by atoms with Crippen LogP contribution in [0, 0.1) is 17.8 Å². The van der Waals surface area contributed by atoms with E-state index in [4.69, 9.17) is 4.74 Å². The molecule has 82 valence electrons. The van der Waals surface area contributed by atoms with Gasteiger partial charge in [-0.25, -0.2) is 0 Å². The molecule has 1 saturated heterocycles. The summed E-state index contributed by atoms with van der Waals surface area (Å²) in [4.78, 5) is 0. The van der Waals surface area contributed by atoms with Crippen molar-refractivity contribution in [3.63, 3.8) is 0 Å². The third kappa shape index (κ3) is 2.48. The Kier molecular flexibility index (Phi) is 3.82. The van der Waals surface area contributed by atoms with Crippen LogP contribution in [0.25, 0.3) is 0 Å². The monoisotopic (exact) mass is 198 g/mol. The largest absolute Gasteiger partial charge is 0.396 e. The highest BCUT2D eigenvalue weighted by molar-refractivity contribution is 4.78. The third-order valence-electron chi connectivity index (χ3n) is 3.89. The molecule has 0 aromatic rings. The zero-order valence-corrected chi connectivity index (χ0v) is 8.95. The van der Waals surface area contributed by atoms with E-state index in [0.717, 1.165) is 25.0 Å². The van der Waals surface area contributed by atoms with Crippen LogP contribution in [0.4, 0.5) is 0 Å². The van der Waals surface area contributed by atoms with Gasteiger partial charge in [0, 0.05) is 12.5 Å². The van der Waals surface area contributed by atoms with E-state index in [2.05, 4.69) is 0 Å². The van der Waals surface area contributed by atoms with Crippen LogP contribution in [0.5, 0.6) is 0 Å². The fraction of sp³-hybridized carbons (Fsp3) is 1.00. The molecule has 2 heteroatoms. The summed E-state index contributed by atoms with van der Waals surface area (Å²) in [5.74, 6) is 2.10. The molecule has 1 atom stereocenters. The molecule has 2 rings (SSSR count). The summed E-state index contributed by atoms with van der Waals surface area (Å²) in [5.41, 5.74) is 0. The molecule has 0 aromatic carbocycles. The summed E-state index contributed by atoms with van der Waals surface area (Å²) in [7, 11) is 0. The predicted octanol–water partition coefficient (Wildman–Crippen LogP) is 2.21. The van der Waals surface area contributed by atoms with Crippen molar-refractivity contribution < 1.29 is 9.84 Å². The van der Waals surface area contributed by atoms with Crippen LogP contribution in [0.15, 0.2) is 0 Å². The minimum atomic E-state index is 0.390. The van der Waals surface area contributed by atoms with Crippen LogP contribution >= 0.6 is 0 Å². The van der Waals surface area contributed by atoms with Gasteiger partial charge >= 0.3 is 0 Å². The normalized spacial score (nSPS) is 27.2. The Morgan fingerprint density at radius 2 is 1.86 bits per heavy atom. The summed E-state index contributed by atoms with van der Waals surface area (Å²) in [6.45, 7) is 2.26. The van der Waals surface area contributed by atoms with Gasteiger partial charge in [-0.15, -0.1) is 0 Å². The number of aliphatic hydroxyl groups is 1. The molecule has 2 nitrogen and oxygen atoms in total. The summed E-state index contributed by atoms with van der Waals surface area (Å²) < 4.78 is 5.19. The van der Waals surface area contributed by atoms with Crippen LogP contribution in [-0.2, 0) is 4.74 Å². The molecule has 0 spiro atoms. The summed E-state index contributed by atoms with van der Waals surface area (Å²) in [6.07, 6.45) is 8.05. The summed E-state index contributed by atoms with van der Waals surface area (Å²) >= 11 is 0. The van der Waals surface area contributed by atoms with Crippen molar-refractivity contribution in [3.8, 4) is 0 Å². The average Bonchev–Trinajstić information content (AvgIpc) is 2.18. The molecule has 14 heavy (non-hydrogen) atoms. The Labute approximate surface area is 86.6 Å². The third-order valence-corrected chi connectivity index (χ3v) is 3.89. The van der Waals surface area contributed by atoms with E-state index >= 15 is 0 Å². The Morgan fingerprint density at radius 1 is 1.14 bits per heavy atom. The molecular weight excluding hydrogens is 176 g/mol. The molecule has 0 bridgehead atoms. The minimum Gasteiger partial charge on any atom is -0.396 e. The minimum absolute atomic E-state index is 0.390. The van der Waals surface area contributed by atoms with Crippen LogP contribution in [0.3, 0.4) is 0 Å². The average molecular weight is 198 g/mol. The first-order valence-electron chi connectivity index (χ1n) is 6.08. The highest BCUT2D eigenvalue weighted by Gasteiger charge is 2.28. The topological polar surface area (TPSA) is 29.5 Å². The van der Waals surface area contributed by atoms with Crippen LogP contribution in [0.2, 0.25) is 0 Å². The van der Waals surface area contributed by atoms with Crippen molar-refractivity contribution in [2.75, 3.05) is 19.8 Å². The Hall–Kier alpha value is -0.0800. The van der Waals surface area contributed by atoms with E-state index in [1.165, 1.54) is 38.5 Å². The molecule has 0 aromatic heterocycles. The van der Waals surface area contributed by atoms with Gasteiger partial charge in [-0.1, -0.05) is 32.1 Å². The molecule has 2 fully saturated rings. The molecule has 2 aliphatic rings. The van der Waals surface area contributed by atoms with E-state index in [9.17, 15) is 5.11 Å². The van der Waals surface area contributed by atoms with Gasteiger partial charge in [-0.3, -0.25) is 0 Å². The lowest BCUT2D eigenvalue weighted by Crippen LogP contribution is -2.33. The van der Waals surface area contributed by atoms with Crippen molar-refractivity contribution in [2.24, 2.45) is 17.8 Å². The van der Waals surface area contributed by atoms with E-state index in [1.54, 1.807) is 0 Å². The number of rotatable bonds is 4. The number of aliphatic hydroxyl groups excluding tert-OH is 1. The maximum absolute atomic E-state index is 9.41. The summed E-state index contributed by atoms with van der Waals surface area (Å²) in [5, 5.41) is 9.41. The van der Waals surface area contributed by atoms with E-state index < -0.39 is 0 Å². The zero-order valence-electron chi connectivity index (χ0n) is 8.95. The summed E-state index contributed by atoms with van der Waals surface area (Å²) in [6, 6.07) is 0. The second-order valence-corrected chi connectivity index (χ2v) is 4.98. The number of hydrogen-bond acceptors (Lipinski definition) is 2. The molecule has 0 radical (unpaired) electrons. The Morgan fingerprint density at radius 3 is 2.36 bits per heavy atom.